The van der Waals surface area contributed by atoms with Crippen LogP contribution in [0.5, 0.6) is 0 Å². The fraction of sp³-hybridized carbons (Fsp3) is 0.476. The molecule has 0 N–H and O–H groups in total. The van der Waals surface area contributed by atoms with E-state index in [4.69, 9.17) is 0 Å². The molecule has 2 aliphatic rings. The smallest absolute Gasteiger partial charge is 0.267 e. The molecule has 4 rings (SSSR count). The lowest BCUT2D eigenvalue weighted by Gasteiger charge is -2.34. The number of carbonyl (C=O) groups is 2. The Morgan fingerprint density at radius 1 is 0.933 bits per heavy atom. The summed E-state index contributed by atoms with van der Waals surface area (Å²) in [6, 6.07) is 3.44. The molecule has 9 heteroatoms. The number of pyridine rings is 1. The van der Waals surface area contributed by atoms with Gasteiger partial charge < -0.3 is 9.47 Å². The Morgan fingerprint density at radius 2 is 1.60 bits per heavy atom. The first-order valence-electron chi connectivity index (χ1n) is 10.3. The molecule has 158 valence electrons. The first-order valence-corrected chi connectivity index (χ1v) is 10.3. The lowest BCUT2D eigenvalue weighted by Crippen LogP contribution is -2.47. The van der Waals surface area contributed by atoms with Crippen LogP contribution in [-0.2, 0) is 7.05 Å². The van der Waals surface area contributed by atoms with Crippen molar-refractivity contribution in [2.75, 3.05) is 44.2 Å². The van der Waals surface area contributed by atoms with Gasteiger partial charge in [0.25, 0.3) is 17.4 Å². The number of aryl methyl sites for hydroxylation is 1. The maximum absolute atomic E-state index is 12.6. The summed E-state index contributed by atoms with van der Waals surface area (Å²) in [5, 5.41) is 0. The second kappa shape index (κ2) is 8.35. The number of piperazine rings is 1. The van der Waals surface area contributed by atoms with Gasteiger partial charge in [0.05, 0.1) is 5.56 Å². The SMILES string of the molecule is Cc1cc2c(c(=O)n1C)C(=O)N(CCCCN1CCN(c3ncccn3)CC1)C2=O. The second-order valence-corrected chi connectivity index (χ2v) is 7.79. The van der Waals surface area contributed by atoms with Crippen LogP contribution in [0.15, 0.2) is 29.3 Å². The molecule has 0 unspecified atom stereocenters. The molecule has 1 saturated heterocycles. The summed E-state index contributed by atoms with van der Waals surface area (Å²) in [4.78, 5) is 52.0. The molecule has 0 aliphatic carbocycles. The molecule has 0 radical (unpaired) electrons. The molecule has 0 spiro atoms. The summed E-state index contributed by atoms with van der Waals surface area (Å²) in [7, 11) is 1.61. The van der Waals surface area contributed by atoms with Gasteiger partial charge in [-0.15, -0.1) is 0 Å². The van der Waals surface area contributed by atoms with Gasteiger partial charge in [0.15, 0.2) is 0 Å². The third-order valence-corrected chi connectivity index (χ3v) is 5.92. The first kappa shape index (κ1) is 20.2. The monoisotopic (exact) mass is 410 g/mol. The molecular formula is C21H26N6O3. The minimum Gasteiger partial charge on any atom is -0.338 e. The summed E-state index contributed by atoms with van der Waals surface area (Å²) in [6.07, 6.45) is 5.11. The van der Waals surface area contributed by atoms with Crippen molar-refractivity contribution in [3.63, 3.8) is 0 Å². The molecule has 2 aromatic rings. The normalized spacial score (nSPS) is 17.0. The van der Waals surface area contributed by atoms with E-state index < -0.39 is 11.5 Å². The van der Waals surface area contributed by atoms with Gasteiger partial charge in [-0.3, -0.25) is 24.2 Å². The zero-order valence-corrected chi connectivity index (χ0v) is 17.4. The lowest BCUT2D eigenvalue weighted by atomic mass is 10.1. The molecule has 0 bridgehead atoms. The number of fused-ring (bicyclic) bond motifs is 1. The zero-order valence-electron chi connectivity index (χ0n) is 17.4. The van der Waals surface area contributed by atoms with Crippen molar-refractivity contribution in [2.45, 2.75) is 19.8 Å². The molecular weight excluding hydrogens is 384 g/mol. The third kappa shape index (κ3) is 3.72. The van der Waals surface area contributed by atoms with Gasteiger partial charge in [0, 0.05) is 57.9 Å². The molecule has 2 aliphatic heterocycles. The van der Waals surface area contributed by atoms with Crippen LogP contribution < -0.4 is 10.5 Å². The summed E-state index contributed by atoms with van der Waals surface area (Å²) in [5.74, 6) is -0.0523. The summed E-state index contributed by atoms with van der Waals surface area (Å²) >= 11 is 0. The largest absolute Gasteiger partial charge is 0.338 e. The van der Waals surface area contributed by atoms with E-state index in [-0.39, 0.29) is 17.0 Å². The zero-order chi connectivity index (χ0) is 21.3. The van der Waals surface area contributed by atoms with Gasteiger partial charge in [-0.1, -0.05) is 0 Å². The Labute approximate surface area is 174 Å². The van der Waals surface area contributed by atoms with E-state index in [0.717, 1.165) is 45.1 Å². The van der Waals surface area contributed by atoms with Gasteiger partial charge in [0.1, 0.15) is 5.56 Å². The number of hydrogen-bond acceptors (Lipinski definition) is 7. The molecule has 4 heterocycles. The van der Waals surface area contributed by atoms with Gasteiger partial charge in [-0.05, 0) is 38.4 Å². The van der Waals surface area contributed by atoms with E-state index in [9.17, 15) is 14.4 Å². The van der Waals surface area contributed by atoms with E-state index in [1.165, 1.54) is 9.47 Å². The molecule has 0 saturated carbocycles. The Bertz CT molecular complexity index is 1010. The molecule has 30 heavy (non-hydrogen) atoms. The molecule has 1 fully saturated rings. The average Bonchev–Trinajstić information content (AvgIpc) is 3.00. The number of rotatable bonds is 6. The van der Waals surface area contributed by atoms with Crippen molar-refractivity contribution in [1.29, 1.82) is 0 Å². The fourth-order valence-electron chi connectivity index (χ4n) is 4.00. The van der Waals surface area contributed by atoms with E-state index >= 15 is 0 Å². The Hall–Kier alpha value is -3.07. The topological polar surface area (TPSA) is 91.6 Å². The van der Waals surface area contributed by atoms with Crippen molar-refractivity contribution < 1.29 is 9.59 Å². The second-order valence-electron chi connectivity index (χ2n) is 7.79. The number of carbonyl (C=O) groups excluding carboxylic acids is 2. The van der Waals surface area contributed by atoms with Crippen LogP contribution in [0.25, 0.3) is 0 Å². The van der Waals surface area contributed by atoms with Crippen LogP contribution in [0.2, 0.25) is 0 Å². The van der Waals surface area contributed by atoms with Gasteiger partial charge in [-0.25, -0.2) is 9.97 Å². The number of unbranched alkanes of at least 4 members (excludes halogenated alkanes) is 1. The number of aromatic nitrogens is 3. The molecule has 9 nitrogen and oxygen atoms in total. The first-order chi connectivity index (χ1) is 14.5. The van der Waals surface area contributed by atoms with Crippen LogP contribution >= 0.6 is 0 Å². The minimum atomic E-state index is -0.466. The van der Waals surface area contributed by atoms with E-state index in [0.29, 0.717) is 18.7 Å². The van der Waals surface area contributed by atoms with Crippen LogP contribution in [0.4, 0.5) is 5.95 Å². The number of nitrogens with zero attached hydrogens (tertiary/aromatic N) is 6. The summed E-state index contributed by atoms with van der Waals surface area (Å²) in [6.45, 7) is 6.63. The molecule has 2 aromatic heterocycles. The average molecular weight is 410 g/mol. The number of anilines is 1. The highest BCUT2D eigenvalue weighted by Gasteiger charge is 2.38. The highest BCUT2D eigenvalue weighted by Crippen LogP contribution is 2.21. The Kier molecular flexibility index (Phi) is 5.63. The maximum atomic E-state index is 12.6. The predicted molar refractivity (Wildman–Crippen MR) is 112 cm³/mol. The van der Waals surface area contributed by atoms with Crippen molar-refractivity contribution in [3.8, 4) is 0 Å². The quantitative estimate of drug-likeness (QED) is 0.511. The highest BCUT2D eigenvalue weighted by atomic mass is 16.2. The fourth-order valence-corrected chi connectivity index (χ4v) is 4.00. The van der Waals surface area contributed by atoms with Crippen LogP contribution in [-0.4, -0.2) is 75.4 Å². The molecule has 0 atom stereocenters. The summed E-state index contributed by atoms with van der Waals surface area (Å²) in [5.41, 5.74) is 0.514. The Morgan fingerprint density at radius 3 is 2.30 bits per heavy atom. The standard InChI is InChI=1S/C21H26N6O3/c1-15-14-16-17(19(29)24(15)2)20(30)27(18(16)28)9-4-3-8-25-10-12-26(13-11-25)21-22-6-5-7-23-21/h5-7,14H,3-4,8-13H2,1-2H3. The van der Waals surface area contributed by atoms with Crippen molar-refractivity contribution >= 4 is 17.8 Å². The molecule has 2 amide bonds. The number of hydrogen-bond donors (Lipinski definition) is 0. The van der Waals surface area contributed by atoms with Gasteiger partial charge in [0.2, 0.25) is 5.95 Å². The van der Waals surface area contributed by atoms with E-state index in [1.54, 1.807) is 32.4 Å². The van der Waals surface area contributed by atoms with Crippen LogP contribution in [0.3, 0.4) is 0 Å². The van der Waals surface area contributed by atoms with Gasteiger partial charge >= 0.3 is 0 Å². The maximum Gasteiger partial charge on any atom is 0.267 e. The highest BCUT2D eigenvalue weighted by molar-refractivity contribution is 6.21. The predicted octanol–water partition coefficient (Wildman–Crippen LogP) is 0.682. The lowest BCUT2D eigenvalue weighted by molar-refractivity contribution is 0.0649. The van der Waals surface area contributed by atoms with Crippen molar-refractivity contribution in [3.05, 3.63) is 51.7 Å². The van der Waals surface area contributed by atoms with Gasteiger partial charge in [-0.2, -0.15) is 0 Å². The summed E-state index contributed by atoms with van der Waals surface area (Å²) < 4.78 is 1.41. The minimum absolute atomic E-state index is 0.00681. The van der Waals surface area contributed by atoms with Crippen molar-refractivity contribution in [2.24, 2.45) is 7.05 Å². The van der Waals surface area contributed by atoms with E-state index in [1.807, 2.05) is 6.07 Å². The van der Waals surface area contributed by atoms with Crippen LogP contribution in [0, 0.1) is 6.92 Å². The number of imide groups is 1. The van der Waals surface area contributed by atoms with E-state index in [2.05, 4.69) is 19.8 Å². The molecule has 0 aromatic carbocycles. The Balaban J connectivity index is 1.26. The van der Waals surface area contributed by atoms with Crippen LogP contribution in [0.1, 0.15) is 39.3 Å². The third-order valence-electron chi connectivity index (χ3n) is 5.92. The number of amides is 2. The van der Waals surface area contributed by atoms with Crippen molar-refractivity contribution in [1.82, 2.24) is 24.3 Å².